The van der Waals surface area contributed by atoms with Crippen LogP contribution < -0.4 is 0 Å². The first-order valence-electron chi connectivity index (χ1n) is 6.91. The number of nitrogens with zero attached hydrogens (tertiary/aromatic N) is 2. The van der Waals surface area contributed by atoms with E-state index in [0.717, 1.165) is 36.1 Å². The average molecular weight is 272 g/mol. The van der Waals surface area contributed by atoms with Crippen molar-refractivity contribution < 1.29 is 9.90 Å². The molecule has 0 fully saturated rings. The van der Waals surface area contributed by atoms with E-state index < -0.39 is 5.97 Å². The molecule has 0 radical (unpaired) electrons. The standard InChI is InChI=1S/C16H20N2O2/c1-4-5-8-18-10-14(16(19)20)15(17-18)13-9-11(2)6-7-12(13)3/h6-7,9-10H,4-5,8H2,1-3H3,(H,19,20). The van der Waals surface area contributed by atoms with Crippen molar-refractivity contribution in [2.24, 2.45) is 0 Å². The molecule has 0 amide bonds. The van der Waals surface area contributed by atoms with Gasteiger partial charge in [-0.25, -0.2) is 4.79 Å². The van der Waals surface area contributed by atoms with Crippen molar-refractivity contribution in [1.82, 2.24) is 9.78 Å². The first-order chi connectivity index (χ1) is 9.52. The van der Waals surface area contributed by atoms with Crippen LogP contribution in [-0.4, -0.2) is 20.9 Å². The maximum absolute atomic E-state index is 11.4. The molecular formula is C16H20N2O2. The van der Waals surface area contributed by atoms with E-state index in [1.165, 1.54) is 0 Å². The van der Waals surface area contributed by atoms with Gasteiger partial charge in [0.05, 0.1) is 0 Å². The lowest BCUT2D eigenvalue weighted by Crippen LogP contribution is -1.98. The van der Waals surface area contributed by atoms with Crippen molar-refractivity contribution in [1.29, 1.82) is 0 Å². The van der Waals surface area contributed by atoms with E-state index in [1.54, 1.807) is 10.9 Å². The van der Waals surface area contributed by atoms with Gasteiger partial charge in [0.1, 0.15) is 11.3 Å². The van der Waals surface area contributed by atoms with Crippen LogP contribution in [0.3, 0.4) is 0 Å². The molecule has 20 heavy (non-hydrogen) atoms. The summed E-state index contributed by atoms with van der Waals surface area (Å²) in [7, 11) is 0. The Balaban J connectivity index is 2.51. The van der Waals surface area contributed by atoms with E-state index >= 15 is 0 Å². The van der Waals surface area contributed by atoms with E-state index in [1.807, 2.05) is 32.0 Å². The van der Waals surface area contributed by atoms with Gasteiger partial charge in [-0.1, -0.05) is 31.0 Å². The van der Waals surface area contributed by atoms with Gasteiger partial charge in [0.25, 0.3) is 0 Å². The molecule has 106 valence electrons. The molecule has 4 nitrogen and oxygen atoms in total. The number of hydrogen-bond donors (Lipinski definition) is 1. The monoisotopic (exact) mass is 272 g/mol. The quantitative estimate of drug-likeness (QED) is 0.903. The minimum atomic E-state index is -0.927. The number of rotatable bonds is 5. The van der Waals surface area contributed by atoms with Crippen LogP contribution in [0, 0.1) is 13.8 Å². The molecule has 0 aliphatic rings. The molecule has 0 atom stereocenters. The molecule has 1 heterocycles. The number of hydrogen-bond acceptors (Lipinski definition) is 2. The number of aryl methyl sites for hydroxylation is 3. The Bertz CT molecular complexity index is 629. The van der Waals surface area contributed by atoms with Gasteiger partial charge < -0.3 is 5.11 Å². The molecule has 0 unspecified atom stereocenters. The average Bonchev–Trinajstić information content (AvgIpc) is 2.83. The Morgan fingerprint density at radius 2 is 2.10 bits per heavy atom. The first kappa shape index (κ1) is 14.3. The van der Waals surface area contributed by atoms with Crippen LogP contribution in [0.15, 0.2) is 24.4 Å². The van der Waals surface area contributed by atoms with Crippen molar-refractivity contribution in [3.05, 3.63) is 41.1 Å². The highest BCUT2D eigenvalue weighted by Gasteiger charge is 2.18. The second-order valence-corrected chi connectivity index (χ2v) is 5.13. The zero-order valence-corrected chi connectivity index (χ0v) is 12.2. The van der Waals surface area contributed by atoms with Crippen LogP contribution in [0.1, 0.15) is 41.3 Å². The van der Waals surface area contributed by atoms with E-state index in [0.29, 0.717) is 5.69 Å². The summed E-state index contributed by atoms with van der Waals surface area (Å²) >= 11 is 0. The van der Waals surface area contributed by atoms with Crippen LogP contribution in [-0.2, 0) is 6.54 Å². The molecule has 0 aliphatic heterocycles. The van der Waals surface area contributed by atoms with Crippen LogP contribution >= 0.6 is 0 Å². The number of aromatic nitrogens is 2. The van der Waals surface area contributed by atoms with Crippen molar-refractivity contribution >= 4 is 5.97 Å². The Morgan fingerprint density at radius 1 is 1.35 bits per heavy atom. The number of carboxylic acid groups (broad SMARTS) is 1. The summed E-state index contributed by atoms with van der Waals surface area (Å²) in [5.41, 5.74) is 3.88. The van der Waals surface area contributed by atoms with Gasteiger partial charge in [-0.3, -0.25) is 4.68 Å². The van der Waals surface area contributed by atoms with Gasteiger partial charge in [-0.05, 0) is 31.9 Å². The maximum atomic E-state index is 11.4. The SMILES string of the molecule is CCCCn1cc(C(=O)O)c(-c2cc(C)ccc2C)n1. The Labute approximate surface area is 119 Å². The lowest BCUT2D eigenvalue weighted by Gasteiger charge is -2.05. The van der Waals surface area contributed by atoms with Gasteiger partial charge in [-0.2, -0.15) is 5.10 Å². The molecule has 0 saturated carbocycles. The Morgan fingerprint density at radius 3 is 2.75 bits per heavy atom. The number of aromatic carboxylic acids is 1. The normalized spacial score (nSPS) is 10.8. The summed E-state index contributed by atoms with van der Waals surface area (Å²) in [5.74, 6) is -0.927. The van der Waals surface area contributed by atoms with Crippen molar-refractivity contribution in [3.63, 3.8) is 0 Å². The van der Waals surface area contributed by atoms with Crippen molar-refractivity contribution in [2.75, 3.05) is 0 Å². The number of carboxylic acids is 1. The number of carbonyl (C=O) groups is 1. The van der Waals surface area contributed by atoms with E-state index in [9.17, 15) is 9.90 Å². The molecule has 0 aliphatic carbocycles. The highest BCUT2D eigenvalue weighted by molar-refractivity contribution is 5.95. The van der Waals surface area contributed by atoms with Crippen molar-refractivity contribution in [3.8, 4) is 11.3 Å². The van der Waals surface area contributed by atoms with E-state index in [4.69, 9.17) is 0 Å². The summed E-state index contributed by atoms with van der Waals surface area (Å²) in [5, 5.41) is 13.8. The minimum absolute atomic E-state index is 0.273. The molecular weight excluding hydrogens is 252 g/mol. The van der Waals surface area contributed by atoms with Crippen LogP contribution in [0.2, 0.25) is 0 Å². The zero-order chi connectivity index (χ0) is 14.7. The Hall–Kier alpha value is -2.10. The third-order valence-electron chi connectivity index (χ3n) is 3.38. The first-order valence-corrected chi connectivity index (χ1v) is 6.91. The maximum Gasteiger partial charge on any atom is 0.339 e. The fourth-order valence-electron chi connectivity index (χ4n) is 2.20. The van der Waals surface area contributed by atoms with Gasteiger partial charge in [0.2, 0.25) is 0 Å². The predicted octanol–water partition coefficient (Wildman–Crippen LogP) is 3.67. The molecule has 1 aromatic heterocycles. The van der Waals surface area contributed by atoms with Gasteiger partial charge in [-0.15, -0.1) is 0 Å². The van der Waals surface area contributed by atoms with Gasteiger partial charge >= 0.3 is 5.97 Å². The van der Waals surface area contributed by atoms with E-state index in [-0.39, 0.29) is 5.56 Å². The summed E-state index contributed by atoms with van der Waals surface area (Å²) in [6.45, 7) is 6.83. The molecule has 0 spiro atoms. The molecule has 4 heteroatoms. The highest BCUT2D eigenvalue weighted by atomic mass is 16.4. The Kier molecular flexibility index (Phi) is 4.23. The molecule has 1 N–H and O–H groups in total. The third-order valence-corrected chi connectivity index (χ3v) is 3.38. The second-order valence-electron chi connectivity index (χ2n) is 5.13. The molecule has 2 aromatic rings. The molecule has 0 bridgehead atoms. The van der Waals surface area contributed by atoms with Crippen LogP contribution in [0.25, 0.3) is 11.3 Å². The fraction of sp³-hybridized carbons (Fsp3) is 0.375. The third kappa shape index (κ3) is 2.90. The summed E-state index contributed by atoms with van der Waals surface area (Å²) in [4.78, 5) is 11.4. The second kappa shape index (κ2) is 5.90. The number of unbranched alkanes of at least 4 members (excludes halogenated alkanes) is 1. The van der Waals surface area contributed by atoms with Crippen molar-refractivity contribution in [2.45, 2.75) is 40.2 Å². The lowest BCUT2D eigenvalue weighted by molar-refractivity contribution is 0.0697. The smallest absolute Gasteiger partial charge is 0.339 e. The van der Waals surface area contributed by atoms with E-state index in [2.05, 4.69) is 12.0 Å². The van der Waals surface area contributed by atoms with Crippen LogP contribution in [0.5, 0.6) is 0 Å². The van der Waals surface area contributed by atoms with Gasteiger partial charge in [0, 0.05) is 18.3 Å². The predicted molar refractivity (Wildman–Crippen MR) is 79.0 cm³/mol. The molecule has 1 aromatic carbocycles. The minimum Gasteiger partial charge on any atom is -0.478 e. The van der Waals surface area contributed by atoms with Crippen LogP contribution in [0.4, 0.5) is 0 Å². The van der Waals surface area contributed by atoms with Gasteiger partial charge in [0.15, 0.2) is 0 Å². The zero-order valence-electron chi connectivity index (χ0n) is 12.2. The summed E-state index contributed by atoms with van der Waals surface area (Å²) in [6.07, 6.45) is 3.68. The summed E-state index contributed by atoms with van der Waals surface area (Å²) in [6, 6.07) is 6.02. The topological polar surface area (TPSA) is 55.1 Å². The summed E-state index contributed by atoms with van der Waals surface area (Å²) < 4.78 is 1.74. The highest BCUT2D eigenvalue weighted by Crippen LogP contribution is 2.26. The molecule has 2 rings (SSSR count). The largest absolute Gasteiger partial charge is 0.478 e. The lowest BCUT2D eigenvalue weighted by atomic mass is 10.0. The number of benzene rings is 1. The fourth-order valence-corrected chi connectivity index (χ4v) is 2.20. The molecule has 0 saturated heterocycles.